The van der Waals surface area contributed by atoms with Crippen LogP contribution >= 0.6 is 11.8 Å². The van der Waals surface area contributed by atoms with Crippen LogP contribution in [0, 0.1) is 0 Å². The maximum absolute atomic E-state index is 11.5. The van der Waals surface area contributed by atoms with E-state index in [0.717, 1.165) is 0 Å². The Hall–Kier alpha value is -1.34. The molecule has 1 aromatic heterocycles. The van der Waals surface area contributed by atoms with Crippen LogP contribution in [-0.4, -0.2) is 39.5 Å². The third-order valence-corrected chi connectivity index (χ3v) is 2.95. The Morgan fingerprint density at radius 1 is 1.67 bits per heavy atom. The fourth-order valence-electron chi connectivity index (χ4n) is 1.13. The maximum atomic E-state index is 11.5. The molecule has 0 aromatic carbocycles. The zero-order valence-electron chi connectivity index (χ0n) is 10.4. The fraction of sp³-hybridized carbons (Fsp3) is 0.545. The lowest BCUT2D eigenvalue weighted by Crippen LogP contribution is -2.10. The molecule has 1 atom stereocenters. The maximum Gasteiger partial charge on any atom is 0.343 e. The number of hydrogen-bond acceptors (Lipinski definition) is 7. The van der Waals surface area contributed by atoms with E-state index in [9.17, 15) is 4.79 Å². The van der Waals surface area contributed by atoms with Gasteiger partial charge >= 0.3 is 5.97 Å². The van der Waals surface area contributed by atoms with Crippen LogP contribution in [-0.2, 0) is 4.74 Å². The topological polar surface area (TPSA) is 98.3 Å². The number of nitrogens with two attached hydrogens (primary N) is 1. The van der Waals surface area contributed by atoms with Crippen molar-refractivity contribution < 1.29 is 14.6 Å². The van der Waals surface area contributed by atoms with Crippen LogP contribution in [0.3, 0.4) is 0 Å². The molecule has 6 nitrogen and oxygen atoms in total. The average molecular weight is 271 g/mol. The molecule has 0 aliphatic heterocycles. The van der Waals surface area contributed by atoms with Crippen molar-refractivity contribution in [2.45, 2.75) is 31.5 Å². The standard InChI is InChI=1S/C11H17N3O3S/c1-3-17-10(16)8-6-13-11(14-9(8)12)18-5-4-7(2)15/h6-7,15H,3-5H2,1-2H3,(H2,12,13,14). The first-order chi connectivity index (χ1) is 8.54. The smallest absolute Gasteiger partial charge is 0.343 e. The van der Waals surface area contributed by atoms with Gasteiger partial charge < -0.3 is 15.6 Å². The summed E-state index contributed by atoms with van der Waals surface area (Å²) < 4.78 is 4.82. The van der Waals surface area contributed by atoms with Gasteiger partial charge in [0.15, 0.2) is 5.16 Å². The molecule has 1 aromatic rings. The van der Waals surface area contributed by atoms with Gasteiger partial charge in [0.2, 0.25) is 0 Å². The summed E-state index contributed by atoms with van der Waals surface area (Å²) in [5.41, 5.74) is 5.85. The number of aromatic nitrogens is 2. The Kier molecular flexibility index (Phi) is 5.87. The molecule has 0 aliphatic carbocycles. The molecule has 0 spiro atoms. The van der Waals surface area contributed by atoms with Gasteiger partial charge in [-0.05, 0) is 20.3 Å². The SMILES string of the molecule is CCOC(=O)c1cnc(SCCC(C)O)nc1N. The molecular weight excluding hydrogens is 254 g/mol. The number of rotatable bonds is 6. The first-order valence-electron chi connectivity index (χ1n) is 5.65. The van der Waals surface area contributed by atoms with E-state index in [1.807, 2.05) is 0 Å². The Balaban J connectivity index is 2.64. The first kappa shape index (κ1) is 14.7. The van der Waals surface area contributed by atoms with Crippen LogP contribution in [0.5, 0.6) is 0 Å². The summed E-state index contributed by atoms with van der Waals surface area (Å²) in [5.74, 6) is 0.286. The lowest BCUT2D eigenvalue weighted by atomic mass is 10.3. The number of esters is 1. The zero-order valence-corrected chi connectivity index (χ0v) is 11.2. The van der Waals surface area contributed by atoms with E-state index in [2.05, 4.69) is 9.97 Å². The minimum atomic E-state index is -0.518. The van der Waals surface area contributed by atoms with Crippen molar-refractivity contribution >= 4 is 23.5 Å². The summed E-state index contributed by atoms with van der Waals surface area (Å²) in [6, 6.07) is 0. The highest BCUT2D eigenvalue weighted by molar-refractivity contribution is 7.99. The van der Waals surface area contributed by atoms with Crippen molar-refractivity contribution in [3.8, 4) is 0 Å². The molecule has 1 unspecified atom stereocenters. The van der Waals surface area contributed by atoms with Crippen LogP contribution in [0.2, 0.25) is 0 Å². The third-order valence-electron chi connectivity index (χ3n) is 2.06. The molecule has 18 heavy (non-hydrogen) atoms. The molecule has 0 saturated heterocycles. The molecule has 100 valence electrons. The number of aliphatic hydroxyl groups is 1. The molecule has 3 N–H and O–H groups in total. The van der Waals surface area contributed by atoms with Gasteiger partial charge in [-0.3, -0.25) is 0 Å². The van der Waals surface area contributed by atoms with Gasteiger partial charge in [0.1, 0.15) is 11.4 Å². The van der Waals surface area contributed by atoms with Crippen LogP contribution in [0.4, 0.5) is 5.82 Å². The molecule has 7 heteroatoms. The molecule has 0 saturated carbocycles. The zero-order chi connectivity index (χ0) is 13.5. The van der Waals surface area contributed by atoms with E-state index in [1.165, 1.54) is 18.0 Å². The summed E-state index contributed by atoms with van der Waals surface area (Å²) in [5, 5.41) is 9.61. The van der Waals surface area contributed by atoms with E-state index in [0.29, 0.717) is 17.3 Å². The number of carbonyl (C=O) groups excluding carboxylic acids is 1. The molecule has 0 aliphatic rings. The normalized spacial score (nSPS) is 12.2. The number of thioether (sulfide) groups is 1. The predicted molar refractivity (Wildman–Crippen MR) is 69.4 cm³/mol. The van der Waals surface area contributed by atoms with Crippen molar-refractivity contribution in [2.24, 2.45) is 0 Å². The number of hydrogen-bond donors (Lipinski definition) is 2. The minimum Gasteiger partial charge on any atom is -0.462 e. The number of nitrogen functional groups attached to an aromatic ring is 1. The highest BCUT2D eigenvalue weighted by Gasteiger charge is 2.13. The minimum absolute atomic E-state index is 0.114. The summed E-state index contributed by atoms with van der Waals surface area (Å²) in [4.78, 5) is 19.5. The highest BCUT2D eigenvalue weighted by atomic mass is 32.2. The first-order valence-corrected chi connectivity index (χ1v) is 6.63. The van der Waals surface area contributed by atoms with Crippen LogP contribution < -0.4 is 5.73 Å². The molecule has 0 fully saturated rings. The van der Waals surface area contributed by atoms with E-state index < -0.39 is 5.97 Å². The molecule has 0 amide bonds. The fourth-order valence-corrected chi connectivity index (χ4v) is 2.07. The van der Waals surface area contributed by atoms with E-state index in [4.69, 9.17) is 15.6 Å². The molecule has 1 rings (SSSR count). The van der Waals surface area contributed by atoms with Gasteiger partial charge in [-0.15, -0.1) is 0 Å². The Labute approximate surface area is 110 Å². The second kappa shape index (κ2) is 7.17. The van der Waals surface area contributed by atoms with Gasteiger partial charge in [0.05, 0.1) is 12.7 Å². The third kappa shape index (κ3) is 4.50. The van der Waals surface area contributed by atoms with Crippen molar-refractivity contribution in [1.29, 1.82) is 0 Å². The number of anilines is 1. The lowest BCUT2D eigenvalue weighted by Gasteiger charge is -2.06. The number of nitrogens with zero attached hydrogens (tertiary/aromatic N) is 2. The summed E-state index contributed by atoms with van der Waals surface area (Å²) in [7, 11) is 0. The number of aliphatic hydroxyl groups excluding tert-OH is 1. The molecule has 0 bridgehead atoms. The quantitative estimate of drug-likeness (QED) is 0.454. The van der Waals surface area contributed by atoms with Crippen molar-refractivity contribution in [3.05, 3.63) is 11.8 Å². The number of ether oxygens (including phenoxy) is 1. The Bertz CT molecular complexity index is 413. The van der Waals surface area contributed by atoms with E-state index in [1.54, 1.807) is 13.8 Å². The van der Waals surface area contributed by atoms with Gasteiger partial charge in [0.25, 0.3) is 0 Å². The van der Waals surface area contributed by atoms with Crippen molar-refractivity contribution in [2.75, 3.05) is 18.1 Å². The second-order valence-corrected chi connectivity index (χ2v) is 4.72. The van der Waals surface area contributed by atoms with Crippen LogP contribution in [0.15, 0.2) is 11.4 Å². The summed E-state index contributed by atoms with van der Waals surface area (Å²) >= 11 is 1.38. The van der Waals surface area contributed by atoms with Crippen LogP contribution in [0.25, 0.3) is 0 Å². The van der Waals surface area contributed by atoms with Gasteiger partial charge in [-0.1, -0.05) is 11.8 Å². The molecular formula is C11H17N3O3S. The number of carbonyl (C=O) groups is 1. The van der Waals surface area contributed by atoms with E-state index in [-0.39, 0.29) is 24.1 Å². The van der Waals surface area contributed by atoms with Crippen LogP contribution in [0.1, 0.15) is 30.6 Å². The Morgan fingerprint density at radius 3 is 2.94 bits per heavy atom. The second-order valence-electron chi connectivity index (χ2n) is 3.66. The highest BCUT2D eigenvalue weighted by Crippen LogP contribution is 2.18. The predicted octanol–water partition coefficient (Wildman–Crippen LogP) is 1.10. The van der Waals surface area contributed by atoms with Gasteiger partial charge in [0, 0.05) is 11.9 Å². The summed E-state index contributed by atoms with van der Waals surface area (Å²) in [6.45, 7) is 3.72. The largest absolute Gasteiger partial charge is 0.462 e. The van der Waals surface area contributed by atoms with E-state index >= 15 is 0 Å². The lowest BCUT2D eigenvalue weighted by molar-refractivity contribution is 0.0526. The Morgan fingerprint density at radius 2 is 2.39 bits per heavy atom. The average Bonchev–Trinajstić information content (AvgIpc) is 2.28. The van der Waals surface area contributed by atoms with Crippen molar-refractivity contribution in [1.82, 2.24) is 9.97 Å². The monoisotopic (exact) mass is 271 g/mol. The van der Waals surface area contributed by atoms with Gasteiger partial charge in [-0.25, -0.2) is 14.8 Å². The van der Waals surface area contributed by atoms with Crippen molar-refractivity contribution in [3.63, 3.8) is 0 Å². The van der Waals surface area contributed by atoms with Gasteiger partial charge in [-0.2, -0.15) is 0 Å². The molecule has 1 heterocycles. The summed E-state index contributed by atoms with van der Waals surface area (Å²) in [6.07, 6.45) is 1.66. The molecule has 0 radical (unpaired) electrons.